The van der Waals surface area contributed by atoms with Crippen molar-refractivity contribution in [3.63, 3.8) is 0 Å². The van der Waals surface area contributed by atoms with E-state index in [1.807, 2.05) is 24.3 Å². The first-order valence-corrected chi connectivity index (χ1v) is 10.2. The maximum absolute atomic E-state index is 13.1. The van der Waals surface area contributed by atoms with E-state index in [9.17, 15) is 9.59 Å². The molecule has 2 saturated heterocycles. The fraction of sp³-hybridized carbons (Fsp3) is 0.526. The lowest BCUT2D eigenvalue weighted by Gasteiger charge is -2.19. The van der Waals surface area contributed by atoms with Gasteiger partial charge in [-0.2, -0.15) is 0 Å². The van der Waals surface area contributed by atoms with Crippen LogP contribution in [0.4, 0.5) is 0 Å². The molecule has 2 atom stereocenters. The predicted octanol–water partition coefficient (Wildman–Crippen LogP) is 2.34. The zero-order valence-corrected chi connectivity index (χ0v) is 15.5. The molecular formula is C19H23N3O3S. The van der Waals surface area contributed by atoms with Gasteiger partial charge in [0.25, 0.3) is 5.56 Å². The monoisotopic (exact) mass is 373 g/mol. The molecule has 138 valence electrons. The third-order valence-corrected chi connectivity index (χ3v) is 6.23. The summed E-state index contributed by atoms with van der Waals surface area (Å²) in [5.74, 6) is 0.0403. The number of hydrogen-bond donors (Lipinski definition) is 1. The average Bonchev–Trinajstić information content (AvgIpc) is 3.08. The number of hydrogen-bond acceptors (Lipinski definition) is 5. The summed E-state index contributed by atoms with van der Waals surface area (Å²) in [5.41, 5.74) is 0.625. The Hall–Kier alpha value is -1.86. The number of ether oxygens (including phenoxy) is 1. The fourth-order valence-electron chi connectivity index (χ4n) is 3.54. The summed E-state index contributed by atoms with van der Waals surface area (Å²) in [5, 5.41) is 3.98. The molecule has 26 heavy (non-hydrogen) atoms. The molecule has 7 heteroatoms. The van der Waals surface area contributed by atoms with Gasteiger partial charge in [-0.25, -0.2) is 4.98 Å². The van der Waals surface area contributed by atoms with Gasteiger partial charge in [-0.1, -0.05) is 30.3 Å². The summed E-state index contributed by atoms with van der Waals surface area (Å²) in [4.78, 5) is 30.2. The van der Waals surface area contributed by atoms with Gasteiger partial charge in [-0.15, -0.1) is 0 Å². The molecule has 1 aromatic heterocycles. The van der Waals surface area contributed by atoms with Gasteiger partial charge in [0, 0.05) is 13.2 Å². The fourth-order valence-corrected chi connectivity index (χ4v) is 4.71. The normalized spacial score (nSPS) is 23.8. The van der Waals surface area contributed by atoms with Crippen molar-refractivity contribution in [2.45, 2.75) is 55.2 Å². The lowest BCUT2D eigenvalue weighted by molar-refractivity contribution is -0.120. The second-order valence-electron chi connectivity index (χ2n) is 6.86. The summed E-state index contributed by atoms with van der Waals surface area (Å²) in [6, 6.07) is 7.40. The Kier molecular flexibility index (Phi) is 5.26. The van der Waals surface area contributed by atoms with Crippen LogP contribution in [0.3, 0.4) is 0 Å². The molecule has 2 aromatic rings. The van der Waals surface area contributed by atoms with Crippen molar-refractivity contribution in [1.29, 1.82) is 0 Å². The Morgan fingerprint density at radius 1 is 1.19 bits per heavy atom. The molecule has 2 aliphatic heterocycles. The number of rotatable bonds is 4. The molecule has 1 aromatic carbocycles. The van der Waals surface area contributed by atoms with E-state index < -0.39 is 0 Å². The highest BCUT2D eigenvalue weighted by Gasteiger charge is 2.26. The number of benzene rings is 1. The second-order valence-corrected chi connectivity index (χ2v) is 8.03. The van der Waals surface area contributed by atoms with Gasteiger partial charge >= 0.3 is 0 Å². The van der Waals surface area contributed by atoms with E-state index in [0.29, 0.717) is 22.6 Å². The van der Waals surface area contributed by atoms with E-state index in [0.717, 1.165) is 45.3 Å². The molecule has 2 fully saturated rings. The van der Waals surface area contributed by atoms with Crippen LogP contribution in [-0.2, 0) is 16.1 Å². The zero-order chi connectivity index (χ0) is 17.9. The van der Waals surface area contributed by atoms with Crippen molar-refractivity contribution >= 4 is 28.6 Å². The summed E-state index contributed by atoms with van der Waals surface area (Å²) in [6.45, 7) is 1.96. The minimum atomic E-state index is -0.207. The van der Waals surface area contributed by atoms with E-state index in [1.165, 1.54) is 11.8 Å². The van der Waals surface area contributed by atoms with Crippen LogP contribution in [-0.4, -0.2) is 40.0 Å². The molecule has 1 N–H and O–H groups in total. The number of carbonyl (C=O) groups is 1. The van der Waals surface area contributed by atoms with E-state index in [-0.39, 0.29) is 22.8 Å². The minimum Gasteiger partial charge on any atom is -0.376 e. The van der Waals surface area contributed by atoms with Gasteiger partial charge in [0.15, 0.2) is 5.16 Å². The Balaban J connectivity index is 1.72. The Morgan fingerprint density at radius 3 is 2.92 bits per heavy atom. The maximum atomic E-state index is 13.1. The van der Waals surface area contributed by atoms with Gasteiger partial charge < -0.3 is 10.1 Å². The van der Waals surface area contributed by atoms with E-state index in [4.69, 9.17) is 9.72 Å². The molecule has 6 nitrogen and oxygen atoms in total. The summed E-state index contributed by atoms with van der Waals surface area (Å²) < 4.78 is 7.44. The molecule has 0 radical (unpaired) electrons. The maximum Gasteiger partial charge on any atom is 0.262 e. The van der Waals surface area contributed by atoms with Crippen molar-refractivity contribution in [3.8, 4) is 0 Å². The smallest absolute Gasteiger partial charge is 0.262 e. The first-order valence-electron chi connectivity index (χ1n) is 9.28. The molecule has 3 heterocycles. The van der Waals surface area contributed by atoms with Gasteiger partial charge in [-0.3, -0.25) is 14.2 Å². The van der Waals surface area contributed by atoms with Crippen LogP contribution < -0.4 is 10.9 Å². The molecular weight excluding hydrogens is 350 g/mol. The van der Waals surface area contributed by atoms with Crippen molar-refractivity contribution in [2.75, 3.05) is 13.2 Å². The van der Waals surface area contributed by atoms with Gasteiger partial charge in [0.2, 0.25) is 5.91 Å². The van der Waals surface area contributed by atoms with Crippen LogP contribution in [0.25, 0.3) is 10.9 Å². The third kappa shape index (κ3) is 3.64. The summed E-state index contributed by atoms with van der Waals surface area (Å²) in [6.07, 6.45) is 4.81. The molecule has 0 unspecified atom stereocenters. The molecule has 1 amide bonds. The van der Waals surface area contributed by atoms with E-state index in [1.54, 1.807) is 4.57 Å². The standard InChI is InChI=1S/C19H23N3O3S/c23-17-16(9-3-4-10-20-17)26-19-21-15-8-2-1-7-14(15)18(24)22(19)12-13-6-5-11-25-13/h1-2,7-8,13,16H,3-6,9-12H2,(H,20,23)/t13-,16+/m0/s1. The number of nitrogens with zero attached hydrogens (tertiary/aromatic N) is 2. The molecule has 2 aliphatic rings. The largest absolute Gasteiger partial charge is 0.376 e. The molecule has 0 spiro atoms. The predicted molar refractivity (Wildman–Crippen MR) is 101 cm³/mol. The molecule has 4 rings (SSSR count). The zero-order valence-electron chi connectivity index (χ0n) is 14.6. The van der Waals surface area contributed by atoms with E-state index >= 15 is 0 Å². The second kappa shape index (κ2) is 7.80. The number of fused-ring (bicyclic) bond motifs is 1. The van der Waals surface area contributed by atoms with E-state index in [2.05, 4.69) is 5.32 Å². The van der Waals surface area contributed by atoms with Crippen LogP contribution in [0, 0.1) is 0 Å². The Bertz CT molecular complexity index is 861. The molecule has 0 saturated carbocycles. The molecule has 0 aliphatic carbocycles. The number of carbonyl (C=O) groups excluding carboxylic acids is 1. The lowest BCUT2D eigenvalue weighted by atomic mass is 10.2. The minimum absolute atomic E-state index is 0.0398. The number of amides is 1. The first kappa shape index (κ1) is 17.5. The SMILES string of the molecule is O=C1NCCCC[C@H]1Sc1nc2ccccc2c(=O)n1C[C@@H]1CCCO1. The highest BCUT2D eigenvalue weighted by molar-refractivity contribution is 8.00. The number of thioether (sulfide) groups is 1. The number of para-hydroxylation sites is 1. The van der Waals surface area contributed by atoms with Crippen molar-refractivity contribution < 1.29 is 9.53 Å². The highest BCUT2D eigenvalue weighted by atomic mass is 32.2. The van der Waals surface area contributed by atoms with Crippen molar-refractivity contribution in [2.24, 2.45) is 0 Å². The van der Waals surface area contributed by atoms with Crippen LogP contribution in [0.15, 0.2) is 34.2 Å². The third-order valence-electron chi connectivity index (χ3n) is 4.97. The Morgan fingerprint density at radius 2 is 2.08 bits per heavy atom. The quantitative estimate of drug-likeness (QED) is 0.833. The van der Waals surface area contributed by atoms with Crippen molar-refractivity contribution in [1.82, 2.24) is 14.9 Å². The van der Waals surface area contributed by atoms with Gasteiger partial charge in [0.1, 0.15) is 0 Å². The molecule has 0 bridgehead atoms. The van der Waals surface area contributed by atoms with Crippen LogP contribution >= 0.6 is 11.8 Å². The highest BCUT2D eigenvalue weighted by Crippen LogP contribution is 2.28. The number of nitrogens with one attached hydrogen (secondary N) is 1. The van der Waals surface area contributed by atoms with Crippen molar-refractivity contribution in [3.05, 3.63) is 34.6 Å². The van der Waals surface area contributed by atoms with Crippen LogP contribution in [0.1, 0.15) is 32.1 Å². The topological polar surface area (TPSA) is 73.2 Å². The van der Waals surface area contributed by atoms with Crippen LogP contribution in [0.5, 0.6) is 0 Å². The summed E-state index contributed by atoms with van der Waals surface area (Å²) >= 11 is 1.41. The van der Waals surface area contributed by atoms with Crippen LogP contribution in [0.2, 0.25) is 0 Å². The summed E-state index contributed by atoms with van der Waals surface area (Å²) in [7, 11) is 0. The number of aromatic nitrogens is 2. The van der Waals surface area contributed by atoms with Gasteiger partial charge in [-0.05, 0) is 37.8 Å². The van der Waals surface area contributed by atoms with Gasteiger partial charge in [0.05, 0.1) is 28.8 Å². The first-order chi connectivity index (χ1) is 12.7. The lowest BCUT2D eigenvalue weighted by Crippen LogP contribution is -2.33. The Labute approximate surface area is 156 Å². The average molecular weight is 373 g/mol.